The fourth-order valence-corrected chi connectivity index (χ4v) is 3.79. The van der Waals surface area contributed by atoms with E-state index in [4.69, 9.17) is 4.74 Å². The van der Waals surface area contributed by atoms with Crippen LogP contribution in [0.4, 0.5) is 5.69 Å². The molecule has 0 saturated carbocycles. The Morgan fingerprint density at radius 3 is 2.63 bits per heavy atom. The largest absolute Gasteiger partial charge is 0.456 e. The second-order valence-electron chi connectivity index (χ2n) is 6.16. The van der Waals surface area contributed by atoms with E-state index in [-0.39, 0.29) is 30.9 Å². The topological polar surface area (TPSA) is 84.5 Å². The van der Waals surface area contributed by atoms with Crippen molar-refractivity contribution < 1.29 is 19.1 Å². The van der Waals surface area contributed by atoms with Gasteiger partial charge in [-0.25, -0.2) is 0 Å². The number of thioether (sulfide) groups is 1. The van der Waals surface area contributed by atoms with Crippen LogP contribution in [-0.2, 0) is 19.1 Å². The average Bonchev–Trinajstić information content (AvgIpc) is 2.67. The third-order valence-electron chi connectivity index (χ3n) is 4.10. The summed E-state index contributed by atoms with van der Waals surface area (Å²) < 4.78 is 5.04. The predicted octanol–water partition coefficient (Wildman–Crippen LogP) is 2.91. The maximum absolute atomic E-state index is 12.1. The molecule has 0 aromatic heterocycles. The number of rotatable bonds is 6. The van der Waals surface area contributed by atoms with Gasteiger partial charge in [0.15, 0.2) is 6.61 Å². The van der Waals surface area contributed by atoms with Gasteiger partial charge in [0.1, 0.15) is 0 Å². The molecule has 3 rings (SSSR count). The van der Waals surface area contributed by atoms with Crippen molar-refractivity contribution in [1.82, 2.24) is 5.32 Å². The summed E-state index contributed by atoms with van der Waals surface area (Å²) in [4.78, 5) is 37.0. The van der Waals surface area contributed by atoms with E-state index in [2.05, 4.69) is 10.6 Å². The van der Waals surface area contributed by atoms with Gasteiger partial charge in [-0.2, -0.15) is 0 Å². The van der Waals surface area contributed by atoms with Gasteiger partial charge in [0.2, 0.25) is 5.91 Å². The predicted molar refractivity (Wildman–Crippen MR) is 103 cm³/mol. The SMILES string of the molecule is C[C@H](NC(=O)COC(=O)C[C@@H]1Sc2ccccc2NC1=O)c1ccccc1. The molecule has 6 nitrogen and oxygen atoms in total. The van der Waals surface area contributed by atoms with Crippen LogP contribution in [0, 0.1) is 0 Å². The molecule has 0 unspecified atom stereocenters. The average molecular weight is 384 g/mol. The maximum Gasteiger partial charge on any atom is 0.307 e. The fourth-order valence-electron chi connectivity index (χ4n) is 2.69. The molecule has 2 aromatic rings. The minimum atomic E-state index is -0.579. The Hall–Kier alpha value is -2.80. The van der Waals surface area contributed by atoms with Crippen LogP contribution in [0.3, 0.4) is 0 Å². The first-order valence-electron chi connectivity index (χ1n) is 8.59. The summed E-state index contributed by atoms with van der Waals surface area (Å²) in [6.07, 6.45) is -0.0909. The van der Waals surface area contributed by atoms with Gasteiger partial charge in [-0.1, -0.05) is 42.5 Å². The van der Waals surface area contributed by atoms with E-state index in [1.54, 1.807) is 0 Å². The third kappa shape index (κ3) is 5.10. The van der Waals surface area contributed by atoms with Crippen LogP contribution >= 0.6 is 11.8 Å². The number of para-hydroxylation sites is 1. The summed E-state index contributed by atoms with van der Waals surface area (Å²) >= 11 is 1.32. The zero-order valence-corrected chi connectivity index (χ0v) is 15.6. The summed E-state index contributed by atoms with van der Waals surface area (Å²) in [6, 6.07) is 16.7. The molecule has 0 spiro atoms. The highest BCUT2D eigenvalue weighted by Crippen LogP contribution is 2.36. The van der Waals surface area contributed by atoms with Gasteiger partial charge >= 0.3 is 5.97 Å². The fraction of sp³-hybridized carbons (Fsp3) is 0.250. The first-order chi connectivity index (χ1) is 13.0. The van der Waals surface area contributed by atoms with E-state index in [1.807, 2.05) is 61.5 Å². The number of nitrogens with one attached hydrogen (secondary N) is 2. The summed E-state index contributed by atoms with van der Waals surface area (Å²) in [5.74, 6) is -1.20. The van der Waals surface area contributed by atoms with Crippen LogP contribution in [0.15, 0.2) is 59.5 Å². The molecule has 1 aliphatic heterocycles. The number of hydrogen-bond donors (Lipinski definition) is 2. The summed E-state index contributed by atoms with van der Waals surface area (Å²) in [6.45, 7) is 1.49. The molecule has 2 amide bonds. The van der Waals surface area contributed by atoms with E-state index in [0.29, 0.717) is 0 Å². The van der Waals surface area contributed by atoms with E-state index in [1.165, 1.54) is 11.8 Å². The lowest BCUT2D eigenvalue weighted by Crippen LogP contribution is -2.34. The first kappa shape index (κ1) is 19.0. The van der Waals surface area contributed by atoms with Crippen molar-refractivity contribution in [2.45, 2.75) is 29.5 Å². The highest BCUT2D eigenvalue weighted by atomic mass is 32.2. The molecule has 0 saturated heterocycles. The normalized spacial score (nSPS) is 16.6. The van der Waals surface area contributed by atoms with E-state index < -0.39 is 11.2 Å². The highest BCUT2D eigenvalue weighted by molar-refractivity contribution is 8.01. The van der Waals surface area contributed by atoms with Crippen molar-refractivity contribution in [3.63, 3.8) is 0 Å². The molecule has 7 heteroatoms. The zero-order chi connectivity index (χ0) is 19.2. The molecule has 2 N–H and O–H groups in total. The smallest absolute Gasteiger partial charge is 0.307 e. The van der Waals surface area contributed by atoms with Crippen molar-refractivity contribution in [2.24, 2.45) is 0 Å². The monoisotopic (exact) mass is 384 g/mol. The maximum atomic E-state index is 12.1. The van der Waals surface area contributed by atoms with Crippen LogP contribution in [-0.4, -0.2) is 29.6 Å². The molecule has 0 aliphatic carbocycles. The molecule has 1 aliphatic rings. The Morgan fingerprint density at radius 2 is 1.85 bits per heavy atom. The van der Waals surface area contributed by atoms with Crippen molar-refractivity contribution >= 4 is 35.2 Å². The van der Waals surface area contributed by atoms with Crippen LogP contribution in [0.5, 0.6) is 0 Å². The highest BCUT2D eigenvalue weighted by Gasteiger charge is 2.29. The van der Waals surface area contributed by atoms with Crippen LogP contribution in [0.2, 0.25) is 0 Å². The second-order valence-corrected chi connectivity index (χ2v) is 7.40. The van der Waals surface area contributed by atoms with Gasteiger partial charge in [0, 0.05) is 4.90 Å². The molecule has 0 radical (unpaired) electrons. The minimum absolute atomic E-state index is 0.0909. The number of fused-ring (bicyclic) bond motifs is 1. The summed E-state index contributed by atoms with van der Waals surface area (Å²) in [7, 11) is 0. The first-order valence-corrected chi connectivity index (χ1v) is 9.47. The lowest BCUT2D eigenvalue weighted by molar-refractivity contribution is -0.149. The van der Waals surface area contributed by atoms with Gasteiger partial charge in [-0.15, -0.1) is 11.8 Å². The molecule has 140 valence electrons. The van der Waals surface area contributed by atoms with E-state index in [0.717, 1.165) is 16.1 Å². The van der Waals surface area contributed by atoms with Gasteiger partial charge in [-0.05, 0) is 24.6 Å². The lowest BCUT2D eigenvalue weighted by atomic mass is 10.1. The number of hydrogen-bond acceptors (Lipinski definition) is 5. The van der Waals surface area contributed by atoms with Crippen LogP contribution in [0.1, 0.15) is 24.9 Å². The number of amides is 2. The molecular weight excluding hydrogens is 364 g/mol. The van der Waals surface area contributed by atoms with Gasteiger partial charge in [0.25, 0.3) is 5.91 Å². The Morgan fingerprint density at radius 1 is 1.15 bits per heavy atom. The van der Waals surface area contributed by atoms with E-state index >= 15 is 0 Å². The van der Waals surface area contributed by atoms with Crippen molar-refractivity contribution in [2.75, 3.05) is 11.9 Å². The summed E-state index contributed by atoms with van der Waals surface area (Å²) in [5, 5.41) is 4.98. The van der Waals surface area contributed by atoms with Gasteiger partial charge < -0.3 is 15.4 Å². The molecule has 1 heterocycles. The van der Waals surface area contributed by atoms with Gasteiger partial charge in [-0.3, -0.25) is 14.4 Å². The van der Waals surface area contributed by atoms with Crippen molar-refractivity contribution in [1.29, 1.82) is 0 Å². The van der Waals surface area contributed by atoms with Crippen molar-refractivity contribution in [3.8, 4) is 0 Å². The quantitative estimate of drug-likeness (QED) is 0.748. The molecule has 0 fully saturated rings. The van der Waals surface area contributed by atoms with Gasteiger partial charge in [0.05, 0.1) is 23.4 Å². The second kappa shape index (κ2) is 8.73. The molecule has 2 aromatic carbocycles. The number of carbonyl (C=O) groups is 3. The molecule has 27 heavy (non-hydrogen) atoms. The van der Waals surface area contributed by atoms with Crippen LogP contribution in [0.25, 0.3) is 0 Å². The number of esters is 1. The molecule has 0 bridgehead atoms. The number of benzene rings is 2. The molecule has 2 atom stereocenters. The van der Waals surface area contributed by atoms with Crippen LogP contribution < -0.4 is 10.6 Å². The number of anilines is 1. The number of ether oxygens (including phenoxy) is 1. The lowest BCUT2D eigenvalue weighted by Gasteiger charge is -2.23. The summed E-state index contributed by atoms with van der Waals surface area (Å²) in [5.41, 5.74) is 1.71. The minimum Gasteiger partial charge on any atom is -0.456 e. The Kier molecular flexibility index (Phi) is 6.13. The Bertz CT molecular complexity index is 841. The van der Waals surface area contributed by atoms with E-state index in [9.17, 15) is 14.4 Å². The number of carbonyl (C=O) groups excluding carboxylic acids is 3. The molecular formula is C20H20N2O4S. The Labute approximate surface area is 161 Å². The third-order valence-corrected chi connectivity index (χ3v) is 5.38. The zero-order valence-electron chi connectivity index (χ0n) is 14.8. The van der Waals surface area contributed by atoms with Crippen molar-refractivity contribution in [3.05, 3.63) is 60.2 Å². The standard InChI is InChI=1S/C20H20N2O4S/c1-13(14-7-3-2-4-8-14)21-18(23)12-26-19(24)11-17-20(25)22-15-9-5-6-10-16(15)27-17/h2-10,13,17H,11-12H2,1H3,(H,21,23)(H,22,25)/t13-,17-/m0/s1. The Balaban J connectivity index is 1.46.